The molecule has 0 spiro atoms. The average molecular weight is 236 g/mol. The van der Waals surface area contributed by atoms with E-state index in [0.717, 1.165) is 17.4 Å². The van der Waals surface area contributed by atoms with Crippen molar-refractivity contribution in [2.24, 2.45) is 0 Å². The maximum absolute atomic E-state index is 8.81. The van der Waals surface area contributed by atoms with Gasteiger partial charge in [0, 0.05) is 0 Å². The zero-order valence-corrected chi connectivity index (χ0v) is 8.92. The minimum absolute atomic E-state index is 0.681. The van der Waals surface area contributed by atoms with Gasteiger partial charge in [0.15, 0.2) is 0 Å². The summed E-state index contributed by atoms with van der Waals surface area (Å²) < 4.78 is 0.753. The predicted molar refractivity (Wildman–Crippen MR) is 51.0 cm³/mol. The second-order valence-corrected chi connectivity index (χ2v) is 4.08. The van der Waals surface area contributed by atoms with Crippen LogP contribution in [-0.2, 0) is 12.8 Å². The zero-order chi connectivity index (χ0) is 9.26. The number of aryl methyl sites for hydroxylation is 2. The molecular formula is C10H9N2Se. The summed E-state index contributed by atoms with van der Waals surface area (Å²) in [5, 5.41) is 8.81. The monoisotopic (exact) mass is 237 g/mol. The summed E-state index contributed by atoms with van der Waals surface area (Å²) in [5.74, 6) is 0. The summed E-state index contributed by atoms with van der Waals surface area (Å²) in [4.78, 5) is 4.41. The van der Waals surface area contributed by atoms with Gasteiger partial charge in [-0.05, 0) is 0 Å². The number of nitrogens with zero attached hydrogens (tertiary/aromatic N) is 2. The summed E-state index contributed by atoms with van der Waals surface area (Å²) in [5.41, 5.74) is 3.13. The molecule has 3 heteroatoms. The molecule has 0 fully saturated rings. The molecule has 1 aliphatic carbocycles. The Hall–Kier alpha value is -0.841. The number of hydrogen-bond acceptors (Lipinski definition) is 2. The topological polar surface area (TPSA) is 36.7 Å². The first-order valence-corrected chi connectivity index (χ1v) is 5.27. The van der Waals surface area contributed by atoms with Gasteiger partial charge in [-0.3, -0.25) is 0 Å². The van der Waals surface area contributed by atoms with Crippen LogP contribution in [-0.4, -0.2) is 21.0 Å². The van der Waals surface area contributed by atoms with Crippen molar-refractivity contribution in [1.82, 2.24) is 4.98 Å². The van der Waals surface area contributed by atoms with Crippen molar-refractivity contribution in [1.29, 1.82) is 5.26 Å². The third kappa shape index (κ3) is 1.60. The van der Waals surface area contributed by atoms with Crippen molar-refractivity contribution in [3.05, 3.63) is 22.9 Å². The van der Waals surface area contributed by atoms with Crippen molar-refractivity contribution in [3.8, 4) is 6.07 Å². The van der Waals surface area contributed by atoms with Crippen LogP contribution >= 0.6 is 0 Å². The third-order valence-electron chi connectivity index (χ3n) is 2.39. The molecule has 1 aromatic rings. The first-order valence-electron chi connectivity index (χ1n) is 4.41. The van der Waals surface area contributed by atoms with Crippen LogP contribution in [0.3, 0.4) is 0 Å². The Morgan fingerprint density at radius 2 is 2.15 bits per heavy atom. The van der Waals surface area contributed by atoms with Gasteiger partial charge < -0.3 is 0 Å². The Kier molecular flexibility index (Phi) is 2.35. The second kappa shape index (κ2) is 3.49. The van der Waals surface area contributed by atoms with Crippen molar-refractivity contribution >= 4 is 20.6 Å². The number of fused-ring (bicyclic) bond motifs is 1. The van der Waals surface area contributed by atoms with Gasteiger partial charge in [0.2, 0.25) is 0 Å². The molecule has 0 unspecified atom stereocenters. The van der Waals surface area contributed by atoms with Crippen LogP contribution < -0.4 is 4.59 Å². The van der Waals surface area contributed by atoms with Gasteiger partial charge in [-0.15, -0.1) is 0 Å². The normalized spacial score (nSPS) is 14.7. The summed E-state index contributed by atoms with van der Waals surface area (Å²) in [6.45, 7) is 0. The summed E-state index contributed by atoms with van der Waals surface area (Å²) >= 11 is 2.84. The number of nitriles is 1. The van der Waals surface area contributed by atoms with E-state index < -0.39 is 0 Å². The summed E-state index contributed by atoms with van der Waals surface area (Å²) in [6, 6.07) is 4.13. The van der Waals surface area contributed by atoms with Gasteiger partial charge in [0.25, 0.3) is 0 Å². The number of hydrogen-bond donors (Lipinski definition) is 0. The summed E-state index contributed by atoms with van der Waals surface area (Å²) in [7, 11) is 0. The van der Waals surface area contributed by atoms with Crippen LogP contribution in [0.2, 0.25) is 0 Å². The minimum atomic E-state index is 0.681. The van der Waals surface area contributed by atoms with Crippen LogP contribution in [0.15, 0.2) is 6.07 Å². The van der Waals surface area contributed by atoms with Gasteiger partial charge in [0.1, 0.15) is 0 Å². The van der Waals surface area contributed by atoms with E-state index in [1.54, 1.807) is 0 Å². The van der Waals surface area contributed by atoms with E-state index in [0.29, 0.717) is 5.56 Å². The SMILES string of the molecule is N#Cc1cc2c(nc1[Se])CCCC2. The van der Waals surface area contributed by atoms with Gasteiger partial charge in [-0.25, -0.2) is 0 Å². The van der Waals surface area contributed by atoms with Gasteiger partial charge in [-0.2, -0.15) is 0 Å². The van der Waals surface area contributed by atoms with E-state index in [-0.39, 0.29) is 0 Å². The molecule has 13 heavy (non-hydrogen) atoms. The van der Waals surface area contributed by atoms with E-state index in [4.69, 9.17) is 5.26 Å². The van der Waals surface area contributed by atoms with Crippen molar-refractivity contribution in [2.45, 2.75) is 25.7 Å². The molecule has 1 heterocycles. The maximum atomic E-state index is 8.81. The molecule has 2 nitrogen and oxygen atoms in total. The molecule has 1 aliphatic rings. The molecule has 0 amide bonds. The Bertz CT molecular complexity index is 379. The molecule has 0 saturated carbocycles. The second-order valence-electron chi connectivity index (χ2n) is 3.27. The van der Waals surface area contributed by atoms with Crippen molar-refractivity contribution in [3.63, 3.8) is 0 Å². The van der Waals surface area contributed by atoms with E-state index in [2.05, 4.69) is 27.1 Å². The predicted octanol–water partition coefficient (Wildman–Crippen LogP) is 0.626. The Morgan fingerprint density at radius 3 is 2.92 bits per heavy atom. The Labute approximate surface area is 85.8 Å². The zero-order valence-electron chi connectivity index (χ0n) is 7.21. The van der Waals surface area contributed by atoms with E-state index in [1.165, 1.54) is 24.1 Å². The Morgan fingerprint density at radius 1 is 1.38 bits per heavy atom. The average Bonchev–Trinajstić information content (AvgIpc) is 2.17. The fraction of sp³-hybridized carbons (Fsp3) is 0.400. The van der Waals surface area contributed by atoms with Gasteiger partial charge in [-0.1, -0.05) is 0 Å². The van der Waals surface area contributed by atoms with E-state index >= 15 is 0 Å². The fourth-order valence-electron chi connectivity index (χ4n) is 1.69. The summed E-state index contributed by atoms with van der Waals surface area (Å²) in [6.07, 6.45) is 4.60. The molecule has 65 valence electrons. The quantitative estimate of drug-likeness (QED) is 0.619. The van der Waals surface area contributed by atoms with Gasteiger partial charge >= 0.3 is 85.5 Å². The fourth-order valence-corrected chi connectivity index (χ4v) is 2.15. The van der Waals surface area contributed by atoms with E-state index in [1.807, 2.05) is 6.07 Å². The molecule has 0 atom stereocenters. The Balaban J connectivity index is 2.52. The molecule has 0 saturated heterocycles. The molecule has 0 aromatic carbocycles. The molecule has 0 aliphatic heterocycles. The van der Waals surface area contributed by atoms with Gasteiger partial charge in [0.05, 0.1) is 0 Å². The molecule has 1 radical (unpaired) electrons. The molecule has 1 aromatic heterocycles. The van der Waals surface area contributed by atoms with Crippen LogP contribution in [0.4, 0.5) is 0 Å². The van der Waals surface area contributed by atoms with Crippen molar-refractivity contribution < 1.29 is 0 Å². The molecule has 2 rings (SSSR count). The van der Waals surface area contributed by atoms with Crippen molar-refractivity contribution in [2.75, 3.05) is 0 Å². The first-order chi connectivity index (χ1) is 6.31. The number of pyridine rings is 1. The standard InChI is InChI=1S/C10H9N2Se/c11-6-8-5-7-3-1-2-4-9(7)12-10(8)13/h5H,1-4H2. The number of aromatic nitrogens is 1. The third-order valence-corrected chi connectivity index (χ3v) is 3.04. The number of rotatable bonds is 0. The van der Waals surface area contributed by atoms with Crippen LogP contribution in [0.5, 0.6) is 0 Å². The first kappa shape index (κ1) is 8.74. The molecular weight excluding hydrogens is 227 g/mol. The van der Waals surface area contributed by atoms with Crippen LogP contribution in [0.25, 0.3) is 0 Å². The molecule has 0 N–H and O–H groups in total. The van der Waals surface area contributed by atoms with Crippen LogP contribution in [0, 0.1) is 11.3 Å². The van der Waals surface area contributed by atoms with E-state index in [9.17, 15) is 0 Å². The van der Waals surface area contributed by atoms with Crippen LogP contribution in [0.1, 0.15) is 29.7 Å². The molecule has 0 bridgehead atoms.